The van der Waals surface area contributed by atoms with Crippen LogP contribution in [0.25, 0.3) is 66.6 Å². The molecule has 0 atom stereocenters. The van der Waals surface area contributed by atoms with Crippen LogP contribution in [0.15, 0.2) is 194 Å². The van der Waals surface area contributed by atoms with Crippen molar-refractivity contribution in [2.75, 3.05) is 0 Å². The number of rotatable bonds is 5. The lowest BCUT2D eigenvalue weighted by Crippen LogP contribution is -2.28. The van der Waals surface area contributed by atoms with Crippen molar-refractivity contribution in [3.63, 3.8) is 0 Å². The zero-order chi connectivity index (χ0) is 33.8. The summed E-state index contributed by atoms with van der Waals surface area (Å²) in [5.41, 5.74) is 15.5. The van der Waals surface area contributed by atoms with Gasteiger partial charge in [0.15, 0.2) is 0 Å². The van der Waals surface area contributed by atoms with E-state index in [1.807, 2.05) is 6.07 Å². The summed E-state index contributed by atoms with van der Waals surface area (Å²) in [7, 11) is 0. The standard InChI is InChI=1S/C49H32N2/c1-4-13-33(14-5-1)45-29-26-34-23-24-35-27-30-46(51-48(35)47(34)50-45)38-16-12-15-36(31-38)37-25-28-42-41-21-10-11-22-43(41)49(44(42)32-37,39-17-6-2-7-18-39)40-19-8-3-9-20-40/h1-32H. The number of aromatic nitrogens is 2. The summed E-state index contributed by atoms with van der Waals surface area (Å²) in [4.78, 5) is 10.4. The highest BCUT2D eigenvalue weighted by Crippen LogP contribution is 2.56. The molecule has 2 aromatic heterocycles. The van der Waals surface area contributed by atoms with Gasteiger partial charge in [-0.2, -0.15) is 0 Å². The van der Waals surface area contributed by atoms with Crippen LogP contribution in [-0.2, 0) is 5.41 Å². The summed E-state index contributed by atoms with van der Waals surface area (Å²) >= 11 is 0. The molecule has 2 heteroatoms. The Morgan fingerprint density at radius 1 is 0.314 bits per heavy atom. The van der Waals surface area contributed by atoms with Crippen molar-refractivity contribution in [2.45, 2.75) is 5.41 Å². The fourth-order valence-electron chi connectivity index (χ4n) is 8.18. The van der Waals surface area contributed by atoms with E-state index in [9.17, 15) is 0 Å². The van der Waals surface area contributed by atoms with Crippen molar-refractivity contribution in [1.82, 2.24) is 9.97 Å². The van der Waals surface area contributed by atoms with Gasteiger partial charge in [-0.25, -0.2) is 9.97 Å². The second-order valence-electron chi connectivity index (χ2n) is 13.3. The van der Waals surface area contributed by atoms with E-state index in [-0.39, 0.29) is 0 Å². The van der Waals surface area contributed by atoms with E-state index in [2.05, 4.69) is 188 Å². The predicted molar refractivity (Wildman–Crippen MR) is 211 cm³/mol. The molecule has 51 heavy (non-hydrogen) atoms. The maximum atomic E-state index is 5.27. The highest BCUT2D eigenvalue weighted by Gasteiger charge is 2.46. The minimum absolute atomic E-state index is 0.436. The van der Waals surface area contributed by atoms with Gasteiger partial charge >= 0.3 is 0 Å². The van der Waals surface area contributed by atoms with Gasteiger partial charge in [0, 0.05) is 21.9 Å². The minimum atomic E-state index is -0.436. The first-order chi connectivity index (χ1) is 25.3. The molecule has 0 spiro atoms. The molecule has 7 aromatic carbocycles. The third kappa shape index (κ3) is 4.65. The summed E-state index contributed by atoms with van der Waals surface area (Å²) in [6.07, 6.45) is 0. The van der Waals surface area contributed by atoms with E-state index < -0.39 is 5.41 Å². The first kappa shape index (κ1) is 29.3. The Balaban J connectivity index is 1.12. The maximum absolute atomic E-state index is 5.27. The van der Waals surface area contributed by atoms with Crippen molar-refractivity contribution in [3.05, 3.63) is 216 Å². The van der Waals surface area contributed by atoms with E-state index >= 15 is 0 Å². The second-order valence-corrected chi connectivity index (χ2v) is 13.3. The van der Waals surface area contributed by atoms with Crippen molar-refractivity contribution in [2.24, 2.45) is 0 Å². The van der Waals surface area contributed by atoms with Crippen molar-refractivity contribution >= 4 is 21.8 Å². The molecule has 238 valence electrons. The SMILES string of the molecule is c1ccc(-c2ccc3ccc4ccc(-c5cccc(-c6ccc7c(c6)C(c6ccccc6)(c6ccccc6)c6ccccc6-7)c5)nc4c3n2)cc1. The molecule has 0 saturated carbocycles. The average molecular weight is 649 g/mol. The Morgan fingerprint density at radius 3 is 1.47 bits per heavy atom. The predicted octanol–water partition coefficient (Wildman–Crippen LogP) is 12.1. The largest absolute Gasteiger partial charge is 0.245 e. The number of benzene rings is 7. The van der Waals surface area contributed by atoms with Gasteiger partial charge < -0.3 is 0 Å². The molecule has 0 fully saturated rings. The average Bonchev–Trinajstić information content (AvgIpc) is 3.52. The van der Waals surface area contributed by atoms with Gasteiger partial charge in [0.05, 0.1) is 27.8 Å². The third-order valence-corrected chi connectivity index (χ3v) is 10.5. The van der Waals surface area contributed by atoms with Crippen LogP contribution in [0.3, 0.4) is 0 Å². The van der Waals surface area contributed by atoms with Crippen LogP contribution in [0.1, 0.15) is 22.3 Å². The van der Waals surface area contributed by atoms with Crippen LogP contribution in [0.2, 0.25) is 0 Å². The lowest BCUT2D eigenvalue weighted by Gasteiger charge is -2.34. The molecule has 10 rings (SSSR count). The molecule has 1 aliphatic carbocycles. The van der Waals surface area contributed by atoms with E-state index in [1.54, 1.807) is 0 Å². The molecule has 2 nitrogen and oxygen atoms in total. The van der Waals surface area contributed by atoms with Gasteiger partial charge in [-0.05, 0) is 68.8 Å². The number of hydrogen-bond donors (Lipinski definition) is 0. The summed E-state index contributed by atoms with van der Waals surface area (Å²) < 4.78 is 0. The van der Waals surface area contributed by atoms with Gasteiger partial charge in [0.2, 0.25) is 0 Å². The number of hydrogen-bond acceptors (Lipinski definition) is 2. The summed E-state index contributed by atoms with van der Waals surface area (Å²) in [6, 6.07) is 69.8. The van der Waals surface area contributed by atoms with Gasteiger partial charge in [0.1, 0.15) is 0 Å². The molecule has 0 N–H and O–H groups in total. The molecular formula is C49H32N2. The fraction of sp³-hybridized carbons (Fsp3) is 0.0204. The molecule has 0 radical (unpaired) electrons. The van der Waals surface area contributed by atoms with Crippen molar-refractivity contribution < 1.29 is 0 Å². The van der Waals surface area contributed by atoms with E-state index in [0.717, 1.165) is 49.9 Å². The maximum Gasteiger partial charge on any atom is 0.0972 e. The van der Waals surface area contributed by atoms with Gasteiger partial charge in [-0.3, -0.25) is 0 Å². The number of fused-ring (bicyclic) bond motifs is 6. The molecule has 0 aliphatic heterocycles. The van der Waals surface area contributed by atoms with Gasteiger partial charge in [0.25, 0.3) is 0 Å². The van der Waals surface area contributed by atoms with Crippen LogP contribution in [0.5, 0.6) is 0 Å². The number of nitrogens with zero attached hydrogens (tertiary/aromatic N) is 2. The Morgan fingerprint density at radius 2 is 0.804 bits per heavy atom. The fourth-order valence-corrected chi connectivity index (χ4v) is 8.18. The van der Waals surface area contributed by atoms with Crippen LogP contribution in [0.4, 0.5) is 0 Å². The first-order valence-electron chi connectivity index (χ1n) is 17.5. The Labute approximate surface area is 297 Å². The van der Waals surface area contributed by atoms with Crippen LogP contribution < -0.4 is 0 Å². The van der Waals surface area contributed by atoms with Gasteiger partial charge in [-0.1, -0.05) is 170 Å². The normalized spacial score (nSPS) is 12.9. The summed E-state index contributed by atoms with van der Waals surface area (Å²) in [5, 5.41) is 2.16. The van der Waals surface area contributed by atoms with E-state index in [4.69, 9.17) is 9.97 Å². The topological polar surface area (TPSA) is 25.8 Å². The quantitative estimate of drug-likeness (QED) is 0.174. The van der Waals surface area contributed by atoms with Crippen molar-refractivity contribution in [1.29, 1.82) is 0 Å². The molecule has 0 bridgehead atoms. The molecule has 0 saturated heterocycles. The molecule has 1 aliphatic rings. The van der Waals surface area contributed by atoms with Crippen LogP contribution in [0, 0.1) is 0 Å². The Kier molecular flexibility index (Phi) is 6.75. The zero-order valence-corrected chi connectivity index (χ0v) is 27.9. The molecule has 0 amide bonds. The van der Waals surface area contributed by atoms with E-state index in [1.165, 1.54) is 38.9 Å². The smallest absolute Gasteiger partial charge is 0.0972 e. The Bertz CT molecular complexity index is 2690. The van der Waals surface area contributed by atoms with E-state index in [0.29, 0.717) is 0 Å². The number of pyridine rings is 2. The van der Waals surface area contributed by atoms with Gasteiger partial charge in [-0.15, -0.1) is 0 Å². The highest BCUT2D eigenvalue weighted by atomic mass is 14.8. The van der Waals surface area contributed by atoms with Crippen LogP contribution in [-0.4, -0.2) is 9.97 Å². The monoisotopic (exact) mass is 648 g/mol. The highest BCUT2D eigenvalue weighted by molar-refractivity contribution is 6.04. The molecule has 2 heterocycles. The summed E-state index contributed by atoms with van der Waals surface area (Å²) in [6.45, 7) is 0. The lowest BCUT2D eigenvalue weighted by atomic mass is 9.67. The minimum Gasteiger partial charge on any atom is -0.245 e. The summed E-state index contributed by atoms with van der Waals surface area (Å²) in [5.74, 6) is 0. The Hall–Kier alpha value is -6.64. The first-order valence-corrected chi connectivity index (χ1v) is 17.5. The van der Waals surface area contributed by atoms with Crippen LogP contribution >= 0.6 is 0 Å². The zero-order valence-electron chi connectivity index (χ0n) is 27.9. The third-order valence-electron chi connectivity index (χ3n) is 10.5. The van der Waals surface area contributed by atoms with Crippen molar-refractivity contribution in [3.8, 4) is 44.8 Å². The second kappa shape index (κ2) is 11.8. The molecular weight excluding hydrogens is 617 g/mol. The molecule has 9 aromatic rings. The molecule has 0 unspecified atom stereocenters. The lowest BCUT2D eigenvalue weighted by molar-refractivity contribution is 0.769.